The lowest BCUT2D eigenvalue weighted by Crippen LogP contribution is -2.29. The van der Waals surface area contributed by atoms with Crippen molar-refractivity contribution in [1.29, 1.82) is 0 Å². The molecule has 3 rings (SSSR count). The predicted molar refractivity (Wildman–Crippen MR) is 127 cm³/mol. The van der Waals surface area contributed by atoms with Crippen molar-refractivity contribution in [2.75, 3.05) is 11.9 Å². The molecule has 1 unspecified atom stereocenters. The van der Waals surface area contributed by atoms with Crippen LogP contribution in [0, 0.1) is 10.1 Å². The molecule has 0 spiro atoms. The zero-order valence-electron chi connectivity index (χ0n) is 17.6. The average Bonchev–Trinajstić information content (AvgIpc) is 3.28. The highest BCUT2D eigenvalue weighted by molar-refractivity contribution is 7.93. The highest BCUT2D eigenvalue weighted by atomic mass is 35.5. The first-order valence-electron chi connectivity index (χ1n) is 9.51. The second-order valence-electron chi connectivity index (χ2n) is 6.73. The minimum atomic E-state index is -4.01. The summed E-state index contributed by atoms with van der Waals surface area (Å²) in [7, 11) is -4.01. The van der Waals surface area contributed by atoms with Crippen LogP contribution in [0.5, 0.6) is 5.75 Å². The number of sulfone groups is 1. The maximum absolute atomic E-state index is 12.7. The van der Waals surface area contributed by atoms with Gasteiger partial charge in [-0.05, 0) is 37.3 Å². The number of nitro groups is 1. The highest BCUT2D eigenvalue weighted by Gasteiger charge is 2.23. The van der Waals surface area contributed by atoms with E-state index in [4.69, 9.17) is 32.7 Å². The summed E-state index contributed by atoms with van der Waals surface area (Å²) in [6.07, 6.45) is -0.0470. The van der Waals surface area contributed by atoms with Crippen LogP contribution in [0.15, 0.2) is 57.8 Å². The van der Waals surface area contributed by atoms with E-state index in [1.807, 2.05) is 0 Å². The van der Waals surface area contributed by atoms with Crippen LogP contribution in [0.1, 0.15) is 6.92 Å². The van der Waals surface area contributed by atoms with Gasteiger partial charge < -0.3 is 9.47 Å². The van der Waals surface area contributed by atoms with Crippen molar-refractivity contribution in [1.82, 2.24) is 4.98 Å². The van der Waals surface area contributed by atoms with E-state index in [0.717, 1.165) is 30.5 Å². The standard InChI is InChI=1S/C20H15Cl2N3O8S2/c1-11(33-16-7-2-12(21)8-15(16)22)19(27)32-10-17(26)24-20-23-9-18(34-20)35(30,31)14-5-3-13(4-6-14)25(28)29/h2-9,11H,10H2,1H3,(H,23,24,26). The van der Waals surface area contributed by atoms with E-state index >= 15 is 0 Å². The van der Waals surface area contributed by atoms with Gasteiger partial charge in [-0.25, -0.2) is 18.2 Å². The van der Waals surface area contributed by atoms with Gasteiger partial charge in [-0.3, -0.25) is 20.2 Å². The fourth-order valence-corrected chi connectivity index (χ4v) is 5.43. The van der Waals surface area contributed by atoms with Gasteiger partial charge in [0, 0.05) is 17.2 Å². The molecule has 2 aromatic carbocycles. The van der Waals surface area contributed by atoms with Gasteiger partial charge in [0.05, 0.1) is 21.0 Å². The van der Waals surface area contributed by atoms with Crippen LogP contribution >= 0.6 is 34.5 Å². The van der Waals surface area contributed by atoms with Crippen molar-refractivity contribution < 1.29 is 32.4 Å². The lowest BCUT2D eigenvalue weighted by atomic mass is 10.3. The van der Waals surface area contributed by atoms with Gasteiger partial charge in [-0.2, -0.15) is 0 Å². The molecule has 15 heteroatoms. The number of benzene rings is 2. The Bertz CT molecular complexity index is 1380. The fraction of sp³-hybridized carbons (Fsp3) is 0.150. The molecule has 184 valence electrons. The quantitative estimate of drug-likeness (QED) is 0.231. The summed E-state index contributed by atoms with van der Waals surface area (Å²) < 4.78 is 35.5. The lowest BCUT2D eigenvalue weighted by Gasteiger charge is -2.14. The van der Waals surface area contributed by atoms with Crippen molar-refractivity contribution in [2.24, 2.45) is 0 Å². The maximum Gasteiger partial charge on any atom is 0.347 e. The zero-order valence-corrected chi connectivity index (χ0v) is 20.8. The number of thiazole rings is 1. The number of ether oxygens (including phenoxy) is 2. The van der Waals surface area contributed by atoms with Crippen molar-refractivity contribution in [2.45, 2.75) is 22.1 Å². The Balaban J connectivity index is 1.55. The molecular weight excluding hydrogens is 545 g/mol. The number of hydrogen-bond donors (Lipinski definition) is 1. The first-order valence-corrected chi connectivity index (χ1v) is 12.6. The predicted octanol–water partition coefficient (Wildman–Crippen LogP) is 4.14. The maximum atomic E-state index is 12.7. The smallest absolute Gasteiger partial charge is 0.347 e. The van der Waals surface area contributed by atoms with Gasteiger partial charge in [0.15, 0.2) is 17.8 Å². The van der Waals surface area contributed by atoms with Crippen LogP contribution in [-0.4, -0.2) is 42.9 Å². The Labute approximate surface area is 212 Å². The molecule has 1 atom stereocenters. The third-order valence-corrected chi connectivity index (χ3v) is 7.90. The third-order valence-electron chi connectivity index (χ3n) is 4.23. The summed E-state index contributed by atoms with van der Waals surface area (Å²) >= 11 is 12.5. The molecule has 0 saturated heterocycles. The number of anilines is 1. The minimum absolute atomic E-state index is 0.0521. The van der Waals surface area contributed by atoms with E-state index in [9.17, 15) is 28.1 Å². The Hall–Kier alpha value is -3.26. The SMILES string of the molecule is CC(Oc1ccc(Cl)cc1Cl)C(=O)OCC(=O)Nc1ncc(S(=O)(=O)c2ccc([N+](=O)[O-])cc2)s1. The van der Waals surface area contributed by atoms with Gasteiger partial charge in [0.1, 0.15) is 9.96 Å². The summed E-state index contributed by atoms with van der Waals surface area (Å²) in [5, 5.41) is 13.6. The normalized spacial score (nSPS) is 12.0. The Morgan fingerprint density at radius 3 is 2.51 bits per heavy atom. The molecule has 0 saturated carbocycles. The fourth-order valence-electron chi connectivity index (χ4n) is 2.52. The van der Waals surface area contributed by atoms with Crippen molar-refractivity contribution in [3.63, 3.8) is 0 Å². The first kappa shape index (κ1) is 26.3. The number of amides is 1. The van der Waals surface area contributed by atoms with Crippen LogP contribution in [0.25, 0.3) is 0 Å². The number of esters is 1. The molecule has 11 nitrogen and oxygen atoms in total. The number of rotatable bonds is 9. The molecule has 1 heterocycles. The largest absolute Gasteiger partial charge is 0.477 e. The van der Waals surface area contributed by atoms with E-state index in [2.05, 4.69) is 10.3 Å². The summed E-state index contributed by atoms with van der Waals surface area (Å²) in [5.41, 5.74) is -0.258. The molecule has 1 aromatic heterocycles. The van der Waals surface area contributed by atoms with E-state index in [1.165, 1.54) is 25.1 Å². The Morgan fingerprint density at radius 1 is 1.20 bits per heavy atom. The van der Waals surface area contributed by atoms with E-state index in [-0.39, 0.29) is 30.7 Å². The second kappa shape index (κ2) is 11.0. The number of nitrogens with one attached hydrogen (secondary N) is 1. The Kier molecular flexibility index (Phi) is 8.27. The van der Waals surface area contributed by atoms with Crippen LogP contribution in [0.4, 0.5) is 10.8 Å². The third kappa shape index (κ3) is 6.66. The second-order valence-corrected chi connectivity index (χ2v) is 10.8. The van der Waals surface area contributed by atoms with Crippen molar-refractivity contribution in [3.05, 3.63) is 68.8 Å². The molecular formula is C20H15Cl2N3O8S2. The number of hydrogen-bond acceptors (Lipinski definition) is 10. The molecule has 0 aliphatic carbocycles. The van der Waals surface area contributed by atoms with Crippen LogP contribution in [0.2, 0.25) is 10.0 Å². The molecule has 0 aliphatic heterocycles. The van der Waals surface area contributed by atoms with Gasteiger partial charge in [-0.15, -0.1) is 0 Å². The monoisotopic (exact) mass is 559 g/mol. The lowest BCUT2D eigenvalue weighted by molar-refractivity contribution is -0.384. The number of carbonyl (C=O) groups is 2. The van der Waals surface area contributed by atoms with E-state index in [0.29, 0.717) is 16.4 Å². The number of aromatic nitrogens is 1. The number of halogens is 2. The van der Waals surface area contributed by atoms with Crippen LogP contribution < -0.4 is 10.1 Å². The highest BCUT2D eigenvalue weighted by Crippen LogP contribution is 2.30. The molecule has 0 aliphatic rings. The number of nitro benzene ring substituents is 1. The van der Waals surface area contributed by atoms with E-state index in [1.54, 1.807) is 0 Å². The molecule has 3 aromatic rings. The topological polar surface area (TPSA) is 155 Å². The number of carbonyl (C=O) groups excluding carboxylic acids is 2. The van der Waals surface area contributed by atoms with Crippen molar-refractivity contribution in [3.8, 4) is 5.75 Å². The summed E-state index contributed by atoms with van der Waals surface area (Å²) in [6, 6.07) is 8.78. The van der Waals surface area contributed by atoms with Gasteiger partial charge in [0.25, 0.3) is 11.6 Å². The number of nitrogens with zero attached hydrogens (tertiary/aromatic N) is 2. The zero-order chi connectivity index (χ0) is 25.8. The molecule has 0 fully saturated rings. The average molecular weight is 560 g/mol. The molecule has 0 bridgehead atoms. The Morgan fingerprint density at radius 2 is 1.89 bits per heavy atom. The number of non-ortho nitro benzene ring substituents is 1. The minimum Gasteiger partial charge on any atom is -0.477 e. The molecule has 35 heavy (non-hydrogen) atoms. The van der Waals surface area contributed by atoms with Gasteiger partial charge in [0.2, 0.25) is 9.84 Å². The van der Waals surface area contributed by atoms with Crippen LogP contribution in [-0.2, 0) is 24.2 Å². The molecule has 1 amide bonds. The first-order chi connectivity index (χ1) is 16.5. The van der Waals surface area contributed by atoms with Gasteiger partial charge >= 0.3 is 5.97 Å². The van der Waals surface area contributed by atoms with E-state index < -0.39 is 39.3 Å². The summed E-state index contributed by atoms with van der Waals surface area (Å²) in [6.45, 7) is 0.728. The molecule has 1 N–H and O–H groups in total. The molecule has 0 radical (unpaired) electrons. The summed E-state index contributed by atoms with van der Waals surface area (Å²) in [4.78, 5) is 38.0. The summed E-state index contributed by atoms with van der Waals surface area (Å²) in [5.74, 6) is -1.40. The van der Waals surface area contributed by atoms with Gasteiger partial charge in [-0.1, -0.05) is 34.5 Å². The van der Waals surface area contributed by atoms with Crippen molar-refractivity contribution >= 4 is 67.1 Å². The van der Waals surface area contributed by atoms with Crippen LogP contribution in [0.3, 0.4) is 0 Å².